The highest BCUT2D eigenvalue weighted by Gasteiger charge is 2.02. The van der Waals surface area contributed by atoms with Crippen LogP contribution < -0.4 is 16.4 Å². The van der Waals surface area contributed by atoms with Crippen molar-refractivity contribution in [1.82, 2.24) is 15.3 Å². The standard InChI is InChI=1S/C10H15N5O2/c11-8(16)7-15-9(17)3-1-4-12-10-13-5-2-6-14-10/h2,5-6H,1,3-4,7H2,(H2,11,16)(H,15,17)(H,12,13,14). The number of carbonyl (C=O) groups excluding carboxylic acids is 2. The Morgan fingerprint density at radius 1 is 1.29 bits per heavy atom. The van der Waals surface area contributed by atoms with Crippen molar-refractivity contribution in [3.63, 3.8) is 0 Å². The maximum atomic E-state index is 11.2. The molecule has 0 saturated carbocycles. The second kappa shape index (κ2) is 7.15. The average molecular weight is 237 g/mol. The molecule has 0 saturated heterocycles. The lowest BCUT2D eigenvalue weighted by atomic mass is 10.3. The first-order valence-corrected chi connectivity index (χ1v) is 5.24. The molecule has 2 amide bonds. The number of hydrogen-bond acceptors (Lipinski definition) is 5. The first kappa shape index (κ1) is 12.9. The Bertz CT molecular complexity index is 368. The van der Waals surface area contributed by atoms with Crippen molar-refractivity contribution in [2.45, 2.75) is 12.8 Å². The van der Waals surface area contributed by atoms with Crippen molar-refractivity contribution in [1.29, 1.82) is 0 Å². The van der Waals surface area contributed by atoms with E-state index in [2.05, 4.69) is 20.6 Å². The Kier molecular flexibility index (Phi) is 5.42. The lowest BCUT2D eigenvalue weighted by Crippen LogP contribution is -2.33. The number of anilines is 1. The SMILES string of the molecule is NC(=O)CNC(=O)CCCNc1ncccn1. The number of amides is 2. The molecule has 0 aliphatic heterocycles. The monoisotopic (exact) mass is 237 g/mol. The highest BCUT2D eigenvalue weighted by molar-refractivity contribution is 5.83. The lowest BCUT2D eigenvalue weighted by molar-refractivity contribution is -0.124. The zero-order valence-electron chi connectivity index (χ0n) is 9.35. The largest absolute Gasteiger partial charge is 0.368 e. The number of carbonyl (C=O) groups is 2. The fourth-order valence-corrected chi connectivity index (χ4v) is 1.11. The van der Waals surface area contributed by atoms with Crippen LogP contribution in [0.25, 0.3) is 0 Å². The summed E-state index contributed by atoms with van der Waals surface area (Å²) >= 11 is 0. The van der Waals surface area contributed by atoms with Gasteiger partial charge in [-0.15, -0.1) is 0 Å². The summed E-state index contributed by atoms with van der Waals surface area (Å²) in [6.45, 7) is 0.474. The number of nitrogens with one attached hydrogen (secondary N) is 2. The van der Waals surface area contributed by atoms with Gasteiger partial charge in [0.05, 0.1) is 6.54 Å². The van der Waals surface area contributed by atoms with Gasteiger partial charge >= 0.3 is 0 Å². The second-order valence-corrected chi connectivity index (χ2v) is 3.35. The minimum Gasteiger partial charge on any atom is -0.368 e. The molecule has 1 heterocycles. The predicted octanol–water partition coefficient (Wildman–Crippen LogP) is -0.730. The van der Waals surface area contributed by atoms with E-state index in [1.807, 2.05) is 0 Å². The van der Waals surface area contributed by atoms with Gasteiger partial charge in [-0.1, -0.05) is 0 Å². The van der Waals surface area contributed by atoms with Gasteiger partial charge in [-0.05, 0) is 12.5 Å². The van der Waals surface area contributed by atoms with Gasteiger partial charge in [-0.25, -0.2) is 9.97 Å². The molecule has 1 aromatic heterocycles. The molecule has 92 valence electrons. The number of primary amides is 1. The zero-order valence-corrected chi connectivity index (χ0v) is 9.35. The van der Waals surface area contributed by atoms with E-state index < -0.39 is 5.91 Å². The topological polar surface area (TPSA) is 110 Å². The Balaban J connectivity index is 2.08. The quantitative estimate of drug-likeness (QED) is 0.541. The number of rotatable bonds is 7. The molecule has 1 aromatic rings. The van der Waals surface area contributed by atoms with Crippen LogP contribution in [0.3, 0.4) is 0 Å². The maximum Gasteiger partial charge on any atom is 0.236 e. The molecule has 0 fully saturated rings. The third-order valence-electron chi connectivity index (χ3n) is 1.89. The van der Waals surface area contributed by atoms with Crippen molar-refractivity contribution in [3.05, 3.63) is 18.5 Å². The van der Waals surface area contributed by atoms with E-state index in [-0.39, 0.29) is 12.5 Å². The maximum absolute atomic E-state index is 11.2. The minimum absolute atomic E-state index is 0.117. The molecular weight excluding hydrogens is 222 g/mol. The normalized spacial score (nSPS) is 9.65. The van der Waals surface area contributed by atoms with Crippen LogP contribution in [0.4, 0.5) is 5.95 Å². The Morgan fingerprint density at radius 2 is 2.00 bits per heavy atom. The Labute approximate surface area is 98.8 Å². The van der Waals surface area contributed by atoms with Crippen molar-refractivity contribution < 1.29 is 9.59 Å². The molecular formula is C10H15N5O2. The van der Waals surface area contributed by atoms with Gasteiger partial charge in [0.25, 0.3) is 0 Å². The summed E-state index contributed by atoms with van der Waals surface area (Å²) in [5.41, 5.74) is 4.89. The van der Waals surface area contributed by atoms with E-state index in [4.69, 9.17) is 5.73 Å². The van der Waals surface area contributed by atoms with Crippen LogP contribution in [0.15, 0.2) is 18.5 Å². The third-order valence-corrected chi connectivity index (χ3v) is 1.89. The zero-order chi connectivity index (χ0) is 12.5. The number of hydrogen-bond donors (Lipinski definition) is 3. The highest BCUT2D eigenvalue weighted by Crippen LogP contribution is 1.95. The van der Waals surface area contributed by atoms with Crippen LogP contribution in [0.2, 0.25) is 0 Å². The molecule has 0 spiro atoms. The van der Waals surface area contributed by atoms with Gasteiger partial charge in [-0.2, -0.15) is 0 Å². The Morgan fingerprint density at radius 3 is 2.65 bits per heavy atom. The van der Waals surface area contributed by atoms with E-state index in [0.29, 0.717) is 25.3 Å². The van der Waals surface area contributed by atoms with Gasteiger partial charge in [0.2, 0.25) is 17.8 Å². The molecule has 1 rings (SSSR count). The lowest BCUT2D eigenvalue weighted by Gasteiger charge is -2.04. The molecule has 7 heteroatoms. The summed E-state index contributed by atoms with van der Waals surface area (Å²) in [7, 11) is 0. The van der Waals surface area contributed by atoms with Crippen LogP contribution >= 0.6 is 0 Å². The number of aromatic nitrogens is 2. The molecule has 0 radical (unpaired) electrons. The van der Waals surface area contributed by atoms with Crippen LogP contribution in [0, 0.1) is 0 Å². The van der Waals surface area contributed by atoms with E-state index in [9.17, 15) is 9.59 Å². The summed E-state index contributed by atoms with van der Waals surface area (Å²) in [5.74, 6) is -0.209. The molecule has 7 nitrogen and oxygen atoms in total. The first-order valence-electron chi connectivity index (χ1n) is 5.24. The molecule has 0 aliphatic rings. The predicted molar refractivity (Wildman–Crippen MR) is 62.0 cm³/mol. The fraction of sp³-hybridized carbons (Fsp3) is 0.400. The van der Waals surface area contributed by atoms with Crippen molar-refractivity contribution >= 4 is 17.8 Å². The average Bonchev–Trinajstić information content (AvgIpc) is 2.33. The molecule has 0 unspecified atom stereocenters. The summed E-state index contributed by atoms with van der Waals surface area (Å²) in [6.07, 6.45) is 4.22. The number of nitrogens with two attached hydrogens (primary N) is 1. The molecule has 0 atom stereocenters. The fourth-order valence-electron chi connectivity index (χ4n) is 1.11. The van der Waals surface area contributed by atoms with E-state index in [0.717, 1.165) is 0 Å². The summed E-state index contributed by atoms with van der Waals surface area (Å²) < 4.78 is 0. The minimum atomic E-state index is -0.547. The second-order valence-electron chi connectivity index (χ2n) is 3.35. The van der Waals surface area contributed by atoms with Crippen LogP contribution in [0.5, 0.6) is 0 Å². The highest BCUT2D eigenvalue weighted by atomic mass is 16.2. The smallest absolute Gasteiger partial charge is 0.236 e. The Hall–Kier alpha value is -2.18. The first-order chi connectivity index (χ1) is 8.18. The van der Waals surface area contributed by atoms with Crippen LogP contribution in [-0.4, -0.2) is 34.9 Å². The summed E-state index contributed by atoms with van der Waals surface area (Å²) in [6, 6.07) is 1.72. The molecule has 0 aromatic carbocycles. The van der Waals surface area contributed by atoms with Gasteiger partial charge in [0.1, 0.15) is 0 Å². The molecule has 0 bridgehead atoms. The van der Waals surface area contributed by atoms with E-state index >= 15 is 0 Å². The van der Waals surface area contributed by atoms with Gasteiger partial charge in [-0.3, -0.25) is 9.59 Å². The van der Waals surface area contributed by atoms with Crippen molar-refractivity contribution in [2.75, 3.05) is 18.4 Å². The van der Waals surface area contributed by atoms with E-state index in [1.54, 1.807) is 18.5 Å². The van der Waals surface area contributed by atoms with Crippen LogP contribution in [0.1, 0.15) is 12.8 Å². The molecule has 17 heavy (non-hydrogen) atoms. The van der Waals surface area contributed by atoms with Crippen molar-refractivity contribution in [2.24, 2.45) is 5.73 Å². The van der Waals surface area contributed by atoms with Crippen molar-refractivity contribution in [3.8, 4) is 0 Å². The van der Waals surface area contributed by atoms with Crippen LogP contribution in [-0.2, 0) is 9.59 Å². The molecule has 0 aliphatic carbocycles. The van der Waals surface area contributed by atoms with Gasteiger partial charge in [0, 0.05) is 25.4 Å². The summed E-state index contributed by atoms with van der Waals surface area (Å²) in [5, 5.41) is 5.38. The van der Waals surface area contributed by atoms with Gasteiger partial charge < -0.3 is 16.4 Å². The van der Waals surface area contributed by atoms with E-state index in [1.165, 1.54) is 0 Å². The van der Waals surface area contributed by atoms with Gasteiger partial charge in [0.15, 0.2) is 0 Å². The summed E-state index contributed by atoms with van der Waals surface area (Å²) in [4.78, 5) is 29.5. The number of nitrogens with zero attached hydrogens (tertiary/aromatic N) is 2. The third kappa shape index (κ3) is 6.08. The molecule has 4 N–H and O–H groups in total.